The van der Waals surface area contributed by atoms with Gasteiger partial charge in [-0.05, 0) is 53.2 Å². The Hall–Kier alpha value is -6.59. The second-order valence-electron chi connectivity index (χ2n) is 12.1. The van der Waals surface area contributed by atoms with Crippen LogP contribution < -0.4 is 0 Å². The summed E-state index contributed by atoms with van der Waals surface area (Å²) >= 11 is 0. The van der Waals surface area contributed by atoms with Gasteiger partial charge >= 0.3 is 0 Å². The number of rotatable bonds is 4. The SMILES string of the molecule is c1ccc(-c2nc(-c3cccc(-n4c5ccccc5c5cc6ccccc6cc54)c3)nc(-c3cccc4oc5ccccc5c34)n2)cc1. The molecule has 48 heavy (non-hydrogen) atoms. The van der Waals surface area contributed by atoms with E-state index >= 15 is 0 Å². The van der Waals surface area contributed by atoms with Crippen molar-refractivity contribution >= 4 is 54.5 Å². The zero-order valence-electron chi connectivity index (χ0n) is 25.7. The molecule has 3 heterocycles. The molecule has 5 heteroatoms. The van der Waals surface area contributed by atoms with Crippen LogP contribution in [0.4, 0.5) is 0 Å². The molecule has 0 N–H and O–H groups in total. The lowest BCUT2D eigenvalue weighted by molar-refractivity contribution is 0.669. The Morgan fingerprint density at radius 1 is 0.417 bits per heavy atom. The zero-order valence-corrected chi connectivity index (χ0v) is 25.7. The molecule has 10 aromatic rings. The first-order valence-electron chi connectivity index (χ1n) is 16.0. The largest absolute Gasteiger partial charge is 0.456 e. The van der Waals surface area contributed by atoms with Crippen molar-refractivity contribution in [3.05, 3.63) is 158 Å². The molecule has 0 spiro atoms. The lowest BCUT2D eigenvalue weighted by atomic mass is 10.1. The first kappa shape index (κ1) is 26.6. The summed E-state index contributed by atoms with van der Waals surface area (Å²) < 4.78 is 8.57. The summed E-state index contributed by atoms with van der Waals surface area (Å²) in [5.74, 6) is 1.83. The third kappa shape index (κ3) is 4.15. The summed E-state index contributed by atoms with van der Waals surface area (Å²) in [6.07, 6.45) is 0. The van der Waals surface area contributed by atoms with Crippen LogP contribution >= 0.6 is 0 Å². The Balaban J connectivity index is 1.21. The van der Waals surface area contributed by atoms with E-state index < -0.39 is 0 Å². The minimum atomic E-state index is 0.602. The fourth-order valence-corrected chi connectivity index (χ4v) is 7.02. The van der Waals surface area contributed by atoms with Gasteiger partial charge < -0.3 is 8.98 Å². The number of nitrogens with zero attached hydrogens (tertiary/aromatic N) is 4. The Labute approximate surface area is 275 Å². The molecule has 0 aliphatic rings. The van der Waals surface area contributed by atoms with Gasteiger partial charge in [0.25, 0.3) is 0 Å². The molecular weight excluding hydrogens is 589 g/mol. The molecule has 3 aromatic heterocycles. The molecule has 0 saturated carbocycles. The number of hydrogen-bond acceptors (Lipinski definition) is 4. The predicted molar refractivity (Wildman–Crippen MR) is 195 cm³/mol. The van der Waals surface area contributed by atoms with E-state index in [0.717, 1.165) is 55.3 Å². The Morgan fingerprint density at radius 3 is 1.94 bits per heavy atom. The van der Waals surface area contributed by atoms with Gasteiger partial charge in [0.1, 0.15) is 11.2 Å². The van der Waals surface area contributed by atoms with Gasteiger partial charge in [0.05, 0.1) is 11.0 Å². The molecule has 0 unspecified atom stereocenters. The van der Waals surface area contributed by atoms with E-state index in [1.807, 2.05) is 60.7 Å². The first-order chi connectivity index (χ1) is 23.8. The molecule has 0 aliphatic carbocycles. The second kappa shape index (κ2) is 10.5. The third-order valence-corrected chi connectivity index (χ3v) is 9.21. The molecule has 0 radical (unpaired) electrons. The van der Waals surface area contributed by atoms with Gasteiger partial charge in [0.2, 0.25) is 0 Å². The van der Waals surface area contributed by atoms with E-state index in [2.05, 4.69) is 102 Å². The Bertz CT molecular complexity index is 2850. The topological polar surface area (TPSA) is 56.7 Å². The summed E-state index contributed by atoms with van der Waals surface area (Å²) in [6.45, 7) is 0. The summed E-state index contributed by atoms with van der Waals surface area (Å²) in [4.78, 5) is 15.3. The van der Waals surface area contributed by atoms with Crippen LogP contribution in [0, 0.1) is 0 Å². The highest BCUT2D eigenvalue weighted by Gasteiger charge is 2.19. The molecule has 10 rings (SSSR count). The molecule has 0 bridgehead atoms. The average Bonchev–Trinajstić information content (AvgIpc) is 3.69. The molecule has 0 atom stereocenters. The minimum Gasteiger partial charge on any atom is -0.456 e. The number of aromatic nitrogens is 4. The van der Waals surface area contributed by atoms with E-state index in [9.17, 15) is 0 Å². The zero-order chi connectivity index (χ0) is 31.6. The molecule has 0 fully saturated rings. The first-order valence-corrected chi connectivity index (χ1v) is 16.0. The van der Waals surface area contributed by atoms with Crippen LogP contribution in [0.25, 0.3) is 94.4 Å². The van der Waals surface area contributed by atoms with Crippen molar-refractivity contribution in [1.82, 2.24) is 19.5 Å². The Morgan fingerprint density at radius 2 is 1.06 bits per heavy atom. The number of benzene rings is 7. The van der Waals surface area contributed by atoms with Crippen LogP contribution in [0.2, 0.25) is 0 Å². The van der Waals surface area contributed by atoms with E-state index in [1.54, 1.807) is 0 Å². The summed E-state index contributed by atoms with van der Waals surface area (Å²) in [5, 5.41) is 6.92. The smallest absolute Gasteiger partial charge is 0.164 e. The molecule has 224 valence electrons. The summed E-state index contributed by atoms with van der Waals surface area (Å²) in [6, 6.07) is 54.5. The number of fused-ring (bicyclic) bond motifs is 7. The van der Waals surface area contributed by atoms with Gasteiger partial charge in [0.15, 0.2) is 17.5 Å². The van der Waals surface area contributed by atoms with Crippen LogP contribution in [0.5, 0.6) is 0 Å². The maximum Gasteiger partial charge on any atom is 0.164 e. The van der Waals surface area contributed by atoms with Gasteiger partial charge in [-0.25, -0.2) is 15.0 Å². The second-order valence-corrected chi connectivity index (χ2v) is 12.1. The van der Waals surface area contributed by atoms with E-state index in [1.165, 1.54) is 21.5 Å². The van der Waals surface area contributed by atoms with E-state index in [-0.39, 0.29) is 0 Å². The third-order valence-electron chi connectivity index (χ3n) is 9.21. The fraction of sp³-hybridized carbons (Fsp3) is 0. The highest BCUT2D eigenvalue weighted by molar-refractivity contribution is 6.14. The molecule has 0 saturated heterocycles. The highest BCUT2D eigenvalue weighted by atomic mass is 16.3. The summed E-state index contributed by atoms with van der Waals surface area (Å²) in [5.41, 5.74) is 7.74. The van der Waals surface area contributed by atoms with Crippen molar-refractivity contribution in [2.75, 3.05) is 0 Å². The standard InChI is InChI=1S/C43H26N4O/c1-2-12-27(13-3-1)41-44-42(46-43(45-41)34-20-11-23-39-40(34)33-19-7-9-22-38(33)48-39)30-16-10-17-31(24-30)47-36-21-8-6-18-32(36)35-25-28-14-4-5-15-29(28)26-37(35)47/h1-26H. The van der Waals surface area contributed by atoms with Crippen LogP contribution in [0.1, 0.15) is 0 Å². The number of furan rings is 1. The molecular formula is C43H26N4O. The minimum absolute atomic E-state index is 0.602. The van der Waals surface area contributed by atoms with Crippen molar-refractivity contribution in [3.63, 3.8) is 0 Å². The quantitative estimate of drug-likeness (QED) is 0.198. The average molecular weight is 615 g/mol. The van der Waals surface area contributed by atoms with Gasteiger partial charge in [-0.3, -0.25) is 0 Å². The molecule has 5 nitrogen and oxygen atoms in total. The van der Waals surface area contributed by atoms with Gasteiger partial charge in [-0.2, -0.15) is 0 Å². The molecule has 0 amide bonds. The van der Waals surface area contributed by atoms with Crippen molar-refractivity contribution in [1.29, 1.82) is 0 Å². The van der Waals surface area contributed by atoms with Crippen LogP contribution in [-0.2, 0) is 0 Å². The van der Waals surface area contributed by atoms with Crippen molar-refractivity contribution in [3.8, 4) is 39.9 Å². The number of para-hydroxylation sites is 2. The number of hydrogen-bond donors (Lipinski definition) is 0. The Kier molecular flexibility index (Phi) is 5.81. The fourth-order valence-electron chi connectivity index (χ4n) is 7.02. The van der Waals surface area contributed by atoms with E-state index in [4.69, 9.17) is 19.4 Å². The lowest BCUT2D eigenvalue weighted by Gasteiger charge is -2.12. The highest BCUT2D eigenvalue weighted by Crippen LogP contribution is 2.38. The normalized spacial score (nSPS) is 11.8. The van der Waals surface area contributed by atoms with Crippen molar-refractivity contribution in [2.24, 2.45) is 0 Å². The molecule has 0 aliphatic heterocycles. The summed E-state index contributed by atoms with van der Waals surface area (Å²) in [7, 11) is 0. The van der Waals surface area contributed by atoms with Gasteiger partial charge in [-0.1, -0.05) is 115 Å². The maximum absolute atomic E-state index is 6.22. The van der Waals surface area contributed by atoms with Crippen molar-refractivity contribution < 1.29 is 4.42 Å². The molecule has 7 aromatic carbocycles. The van der Waals surface area contributed by atoms with Crippen LogP contribution in [-0.4, -0.2) is 19.5 Å². The van der Waals surface area contributed by atoms with Crippen LogP contribution in [0.3, 0.4) is 0 Å². The van der Waals surface area contributed by atoms with Crippen LogP contribution in [0.15, 0.2) is 162 Å². The monoisotopic (exact) mass is 614 g/mol. The van der Waals surface area contributed by atoms with Crippen molar-refractivity contribution in [2.45, 2.75) is 0 Å². The van der Waals surface area contributed by atoms with Gasteiger partial charge in [-0.15, -0.1) is 0 Å². The predicted octanol–water partition coefficient (Wildman–Crippen LogP) is 11.0. The van der Waals surface area contributed by atoms with E-state index in [0.29, 0.717) is 17.5 Å². The maximum atomic E-state index is 6.22. The van der Waals surface area contributed by atoms with Gasteiger partial charge in [0, 0.05) is 43.9 Å². The lowest BCUT2D eigenvalue weighted by Crippen LogP contribution is -2.01.